The van der Waals surface area contributed by atoms with Crippen molar-refractivity contribution >= 4 is 5.78 Å². The largest absolute Gasteiger partial charge is 0.385 e. The SMILES string of the molecule is CCCC(=O)C1CCC(C)N1.CCCOC. The lowest BCUT2D eigenvalue weighted by Crippen LogP contribution is -2.33. The monoisotopic (exact) mass is 229 g/mol. The van der Waals surface area contributed by atoms with Crippen LogP contribution in [-0.4, -0.2) is 31.6 Å². The van der Waals surface area contributed by atoms with Crippen molar-refractivity contribution in [1.82, 2.24) is 5.32 Å². The van der Waals surface area contributed by atoms with Crippen LogP contribution in [0.25, 0.3) is 0 Å². The van der Waals surface area contributed by atoms with Gasteiger partial charge in [0.25, 0.3) is 0 Å². The van der Waals surface area contributed by atoms with E-state index >= 15 is 0 Å². The highest BCUT2D eigenvalue weighted by atomic mass is 16.5. The van der Waals surface area contributed by atoms with E-state index in [9.17, 15) is 4.79 Å². The number of rotatable bonds is 5. The molecule has 2 atom stereocenters. The van der Waals surface area contributed by atoms with Crippen LogP contribution in [0.2, 0.25) is 0 Å². The zero-order chi connectivity index (χ0) is 12.4. The topological polar surface area (TPSA) is 38.3 Å². The van der Waals surface area contributed by atoms with E-state index in [4.69, 9.17) is 4.74 Å². The number of hydrogen-bond donors (Lipinski definition) is 1. The Bertz CT molecular complexity index is 181. The van der Waals surface area contributed by atoms with Gasteiger partial charge < -0.3 is 10.1 Å². The number of methoxy groups -OCH3 is 1. The van der Waals surface area contributed by atoms with Gasteiger partial charge in [-0.15, -0.1) is 0 Å². The van der Waals surface area contributed by atoms with Gasteiger partial charge in [-0.2, -0.15) is 0 Å². The van der Waals surface area contributed by atoms with Crippen LogP contribution >= 0.6 is 0 Å². The highest BCUT2D eigenvalue weighted by Crippen LogP contribution is 2.13. The first-order valence-electron chi connectivity index (χ1n) is 6.43. The van der Waals surface area contributed by atoms with E-state index in [2.05, 4.69) is 26.1 Å². The van der Waals surface area contributed by atoms with Gasteiger partial charge in [0.2, 0.25) is 0 Å². The molecule has 0 aromatic carbocycles. The molecule has 0 bridgehead atoms. The number of carbonyl (C=O) groups excluding carboxylic acids is 1. The number of carbonyl (C=O) groups is 1. The van der Waals surface area contributed by atoms with E-state index in [-0.39, 0.29) is 6.04 Å². The first kappa shape index (κ1) is 15.6. The predicted molar refractivity (Wildman–Crippen MR) is 67.7 cm³/mol. The molecule has 0 aromatic heterocycles. The zero-order valence-electron chi connectivity index (χ0n) is 11.2. The molecule has 3 nitrogen and oxygen atoms in total. The van der Waals surface area contributed by atoms with Gasteiger partial charge >= 0.3 is 0 Å². The first-order chi connectivity index (χ1) is 7.65. The summed E-state index contributed by atoms with van der Waals surface area (Å²) >= 11 is 0. The normalized spacial score (nSPS) is 23.8. The van der Waals surface area contributed by atoms with Crippen LogP contribution in [0.4, 0.5) is 0 Å². The van der Waals surface area contributed by atoms with E-state index in [1.165, 1.54) is 0 Å². The molecule has 0 amide bonds. The molecule has 0 radical (unpaired) electrons. The molecule has 0 aromatic rings. The van der Waals surface area contributed by atoms with Gasteiger partial charge in [0.15, 0.2) is 0 Å². The Hall–Kier alpha value is -0.410. The summed E-state index contributed by atoms with van der Waals surface area (Å²) in [6.45, 7) is 7.17. The lowest BCUT2D eigenvalue weighted by molar-refractivity contribution is -0.120. The van der Waals surface area contributed by atoms with E-state index in [0.717, 1.165) is 38.7 Å². The molecule has 0 aliphatic carbocycles. The van der Waals surface area contributed by atoms with Gasteiger partial charge in [-0.3, -0.25) is 4.79 Å². The fourth-order valence-electron chi connectivity index (χ4n) is 1.81. The standard InChI is InChI=1S/C9H17NO.C4H10O/c1-3-4-9(11)8-6-5-7(2)10-8;1-3-4-5-2/h7-8,10H,3-6H2,1-2H3;3-4H2,1-2H3. The van der Waals surface area contributed by atoms with E-state index in [0.29, 0.717) is 11.8 Å². The van der Waals surface area contributed by atoms with Crippen LogP contribution in [0.1, 0.15) is 52.9 Å². The molecule has 1 saturated heterocycles. The molecule has 1 heterocycles. The summed E-state index contributed by atoms with van der Waals surface area (Å²) in [4.78, 5) is 11.3. The summed E-state index contributed by atoms with van der Waals surface area (Å²) in [7, 11) is 1.71. The summed E-state index contributed by atoms with van der Waals surface area (Å²) in [6, 6.07) is 0.714. The van der Waals surface area contributed by atoms with Gasteiger partial charge in [-0.25, -0.2) is 0 Å². The Morgan fingerprint density at radius 2 is 2.00 bits per heavy atom. The molecule has 1 fully saturated rings. The minimum absolute atomic E-state index is 0.171. The molecule has 0 spiro atoms. The second-order valence-corrected chi connectivity index (χ2v) is 4.41. The van der Waals surface area contributed by atoms with Crippen LogP contribution in [0.3, 0.4) is 0 Å². The fraction of sp³-hybridized carbons (Fsp3) is 0.923. The van der Waals surface area contributed by atoms with Crippen molar-refractivity contribution in [3.8, 4) is 0 Å². The van der Waals surface area contributed by atoms with Crippen molar-refractivity contribution in [2.45, 2.75) is 65.0 Å². The fourth-order valence-corrected chi connectivity index (χ4v) is 1.81. The average molecular weight is 229 g/mol. The number of Topliss-reactive ketones (excluding diaryl/α,β-unsaturated/α-hetero) is 1. The van der Waals surface area contributed by atoms with Crippen molar-refractivity contribution in [2.24, 2.45) is 0 Å². The smallest absolute Gasteiger partial charge is 0.149 e. The highest BCUT2D eigenvalue weighted by molar-refractivity contribution is 5.84. The third kappa shape index (κ3) is 6.96. The van der Waals surface area contributed by atoms with Gasteiger partial charge in [-0.05, 0) is 32.6 Å². The maximum absolute atomic E-state index is 11.3. The minimum atomic E-state index is 0.171. The zero-order valence-corrected chi connectivity index (χ0v) is 11.2. The van der Waals surface area contributed by atoms with E-state index in [1.807, 2.05) is 0 Å². The predicted octanol–water partition coefficient (Wildman–Crippen LogP) is 2.54. The molecule has 1 aliphatic rings. The van der Waals surface area contributed by atoms with Crippen molar-refractivity contribution in [1.29, 1.82) is 0 Å². The molecule has 96 valence electrons. The van der Waals surface area contributed by atoms with Gasteiger partial charge in [-0.1, -0.05) is 13.8 Å². The number of nitrogens with one attached hydrogen (secondary N) is 1. The van der Waals surface area contributed by atoms with Crippen LogP contribution in [0.5, 0.6) is 0 Å². The van der Waals surface area contributed by atoms with Gasteiger partial charge in [0, 0.05) is 26.2 Å². The summed E-state index contributed by atoms with van der Waals surface area (Å²) in [5, 5.41) is 3.29. The molecule has 3 heteroatoms. The highest BCUT2D eigenvalue weighted by Gasteiger charge is 2.25. The molecule has 0 saturated carbocycles. The summed E-state index contributed by atoms with van der Waals surface area (Å²) < 4.78 is 4.69. The van der Waals surface area contributed by atoms with Crippen LogP contribution in [0.15, 0.2) is 0 Å². The third-order valence-electron chi connectivity index (χ3n) is 2.67. The Morgan fingerprint density at radius 1 is 1.31 bits per heavy atom. The number of ketones is 1. The Labute approximate surface area is 99.9 Å². The quantitative estimate of drug-likeness (QED) is 0.787. The van der Waals surface area contributed by atoms with E-state index in [1.54, 1.807) is 7.11 Å². The van der Waals surface area contributed by atoms with E-state index < -0.39 is 0 Å². The molecule has 1 rings (SSSR count). The van der Waals surface area contributed by atoms with Crippen molar-refractivity contribution in [3.63, 3.8) is 0 Å². The lowest BCUT2D eigenvalue weighted by atomic mass is 10.1. The third-order valence-corrected chi connectivity index (χ3v) is 2.67. The van der Waals surface area contributed by atoms with Crippen molar-refractivity contribution in [2.75, 3.05) is 13.7 Å². The molecular formula is C13H27NO2. The van der Waals surface area contributed by atoms with Crippen LogP contribution < -0.4 is 5.32 Å². The van der Waals surface area contributed by atoms with Gasteiger partial charge in [0.1, 0.15) is 5.78 Å². The second-order valence-electron chi connectivity index (χ2n) is 4.41. The molecule has 16 heavy (non-hydrogen) atoms. The summed E-state index contributed by atoms with van der Waals surface area (Å²) in [5.74, 6) is 0.400. The average Bonchev–Trinajstić information content (AvgIpc) is 2.67. The second kappa shape index (κ2) is 9.79. The van der Waals surface area contributed by atoms with Crippen LogP contribution in [-0.2, 0) is 9.53 Å². The summed E-state index contributed by atoms with van der Waals surface area (Å²) in [6.07, 6.45) is 5.03. The van der Waals surface area contributed by atoms with Crippen molar-refractivity contribution in [3.05, 3.63) is 0 Å². The lowest BCUT2D eigenvalue weighted by Gasteiger charge is -2.08. The van der Waals surface area contributed by atoms with Crippen LogP contribution in [0, 0.1) is 0 Å². The Balaban J connectivity index is 0.000000385. The molecular weight excluding hydrogens is 202 g/mol. The van der Waals surface area contributed by atoms with Gasteiger partial charge in [0.05, 0.1) is 6.04 Å². The Morgan fingerprint density at radius 3 is 2.31 bits per heavy atom. The van der Waals surface area contributed by atoms with Crippen molar-refractivity contribution < 1.29 is 9.53 Å². The number of ether oxygens (including phenoxy) is 1. The molecule has 1 N–H and O–H groups in total. The molecule has 1 aliphatic heterocycles. The Kier molecular flexibility index (Phi) is 9.54. The summed E-state index contributed by atoms with van der Waals surface area (Å²) in [5.41, 5.74) is 0. The number of hydrogen-bond acceptors (Lipinski definition) is 3. The first-order valence-corrected chi connectivity index (χ1v) is 6.43. The minimum Gasteiger partial charge on any atom is -0.385 e. The maximum Gasteiger partial charge on any atom is 0.149 e. The maximum atomic E-state index is 11.3. The molecule has 2 unspecified atom stereocenters.